The molecular weight excluding hydrogens is 338 g/mol. The van der Waals surface area contributed by atoms with E-state index in [1.807, 2.05) is 30.3 Å². The van der Waals surface area contributed by atoms with Crippen molar-refractivity contribution in [2.75, 3.05) is 0 Å². The lowest BCUT2D eigenvalue weighted by Crippen LogP contribution is -2.27. The van der Waals surface area contributed by atoms with Crippen molar-refractivity contribution in [2.24, 2.45) is 0 Å². The molecule has 0 aliphatic carbocycles. The monoisotopic (exact) mass is 351 g/mol. The number of nitrogens with zero attached hydrogens (tertiary/aromatic N) is 3. The third-order valence-corrected chi connectivity index (χ3v) is 4.75. The number of rotatable bonds is 4. The average Bonchev–Trinajstić information content (AvgIpc) is 3.06. The van der Waals surface area contributed by atoms with Crippen LogP contribution in [0, 0.1) is 0 Å². The number of aromatic nitrogens is 3. The number of benzene rings is 2. The van der Waals surface area contributed by atoms with E-state index in [2.05, 4.69) is 10.1 Å². The molecule has 2 heterocycles. The van der Waals surface area contributed by atoms with E-state index < -0.39 is 5.97 Å². The molecule has 0 amide bonds. The summed E-state index contributed by atoms with van der Waals surface area (Å²) in [6.07, 6.45) is 1.57. The summed E-state index contributed by atoms with van der Waals surface area (Å²) in [7, 11) is 0. The SMILES string of the molecule is O=C(Cn1ncc2ccccc2c1=O)OCc1nc2ccccc2s1. The second-order valence-corrected chi connectivity index (χ2v) is 6.55. The first-order chi connectivity index (χ1) is 12.2. The normalized spacial score (nSPS) is 11.0. The van der Waals surface area contributed by atoms with Gasteiger partial charge in [-0.3, -0.25) is 9.59 Å². The molecule has 4 rings (SSSR count). The van der Waals surface area contributed by atoms with Crippen LogP contribution in [0.2, 0.25) is 0 Å². The van der Waals surface area contributed by atoms with E-state index in [-0.39, 0.29) is 18.7 Å². The summed E-state index contributed by atoms with van der Waals surface area (Å²) >= 11 is 1.48. The summed E-state index contributed by atoms with van der Waals surface area (Å²) < 4.78 is 7.39. The first-order valence-electron chi connectivity index (χ1n) is 7.66. The Bertz CT molecular complexity index is 1100. The van der Waals surface area contributed by atoms with Crippen LogP contribution in [0.5, 0.6) is 0 Å². The Morgan fingerprint density at radius 2 is 1.92 bits per heavy atom. The molecule has 0 N–H and O–H groups in total. The molecule has 2 aromatic carbocycles. The van der Waals surface area contributed by atoms with Gasteiger partial charge in [-0.1, -0.05) is 30.3 Å². The summed E-state index contributed by atoms with van der Waals surface area (Å²) in [6.45, 7) is -0.144. The second-order valence-electron chi connectivity index (χ2n) is 5.43. The van der Waals surface area contributed by atoms with Crippen LogP contribution in [-0.4, -0.2) is 20.7 Å². The van der Waals surface area contributed by atoms with Gasteiger partial charge in [-0.25, -0.2) is 9.67 Å². The van der Waals surface area contributed by atoms with Crippen molar-refractivity contribution in [3.63, 3.8) is 0 Å². The fourth-order valence-corrected chi connectivity index (χ4v) is 3.41. The van der Waals surface area contributed by atoms with Crippen LogP contribution in [0.3, 0.4) is 0 Å². The Hall–Kier alpha value is -3.06. The summed E-state index contributed by atoms with van der Waals surface area (Å²) in [4.78, 5) is 28.8. The van der Waals surface area contributed by atoms with Crippen LogP contribution in [0.15, 0.2) is 59.5 Å². The number of carbonyl (C=O) groups excluding carboxylic acids is 1. The summed E-state index contributed by atoms with van der Waals surface area (Å²) in [5.74, 6) is -0.524. The number of ether oxygens (including phenoxy) is 1. The molecule has 0 spiro atoms. The lowest BCUT2D eigenvalue weighted by Gasteiger charge is -2.06. The molecular formula is C18H13N3O3S. The number of hydrogen-bond donors (Lipinski definition) is 0. The third-order valence-electron chi connectivity index (χ3n) is 3.74. The standard InChI is InChI=1S/C18H13N3O3S/c22-17(24-11-16-20-14-7-3-4-8-15(14)25-16)10-21-18(23)13-6-2-1-5-12(13)9-19-21/h1-9H,10-11H2. The van der Waals surface area contributed by atoms with Gasteiger partial charge < -0.3 is 4.74 Å². The molecule has 0 saturated heterocycles. The van der Waals surface area contributed by atoms with Crippen LogP contribution < -0.4 is 5.56 Å². The maximum absolute atomic E-state index is 12.3. The van der Waals surface area contributed by atoms with Crippen LogP contribution in [0.4, 0.5) is 0 Å². The zero-order valence-corrected chi connectivity index (χ0v) is 13.9. The maximum Gasteiger partial charge on any atom is 0.328 e. The zero-order valence-electron chi connectivity index (χ0n) is 13.1. The highest BCUT2D eigenvalue weighted by Crippen LogP contribution is 2.21. The Labute approximate surface area is 146 Å². The van der Waals surface area contributed by atoms with E-state index in [4.69, 9.17) is 4.74 Å². The third kappa shape index (κ3) is 3.14. The molecule has 4 aromatic rings. The predicted molar refractivity (Wildman–Crippen MR) is 95.4 cm³/mol. The van der Waals surface area contributed by atoms with Crippen LogP contribution >= 0.6 is 11.3 Å². The molecule has 0 fully saturated rings. The first-order valence-corrected chi connectivity index (χ1v) is 8.47. The number of para-hydroxylation sites is 1. The average molecular weight is 351 g/mol. The molecule has 0 atom stereocenters. The van der Waals surface area contributed by atoms with Gasteiger partial charge in [-0.2, -0.15) is 5.10 Å². The fourth-order valence-electron chi connectivity index (χ4n) is 2.53. The van der Waals surface area contributed by atoms with Gasteiger partial charge in [-0.05, 0) is 18.2 Å². The van der Waals surface area contributed by atoms with E-state index in [1.165, 1.54) is 11.3 Å². The van der Waals surface area contributed by atoms with Gasteiger partial charge >= 0.3 is 5.97 Å². The van der Waals surface area contributed by atoms with Gasteiger partial charge in [0.15, 0.2) is 0 Å². The molecule has 25 heavy (non-hydrogen) atoms. The van der Waals surface area contributed by atoms with Gasteiger partial charge in [0.05, 0.1) is 21.8 Å². The highest BCUT2D eigenvalue weighted by molar-refractivity contribution is 7.18. The minimum atomic E-state index is -0.524. The Morgan fingerprint density at radius 3 is 2.80 bits per heavy atom. The second kappa shape index (κ2) is 6.45. The molecule has 6 nitrogen and oxygen atoms in total. The Morgan fingerprint density at radius 1 is 1.12 bits per heavy atom. The zero-order chi connectivity index (χ0) is 17.2. The molecule has 0 saturated carbocycles. The van der Waals surface area contributed by atoms with E-state index >= 15 is 0 Å². The quantitative estimate of drug-likeness (QED) is 0.529. The molecule has 2 aromatic heterocycles. The Balaban J connectivity index is 1.47. The molecule has 0 radical (unpaired) electrons. The van der Waals surface area contributed by atoms with Gasteiger partial charge in [0.2, 0.25) is 0 Å². The topological polar surface area (TPSA) is 74.1 Å². The maximum atomic E-state index is 12.3. The molecule has 0 unspecified atom stereocenters. The van der Waals surface area contributed by atoms with E-state index in [1.54, 1.807) is 24.4 Å². The minimum Gasteiger partial charge on any atom is -0.457 e. The van der Waals surface area contributed by atoms with Crippen LogP contribution in [0.1, 0.15) is 5.01 Å². The predicted octanol–water partition coefficient (Wildman–Crippen LogP) is 2.75. The highest BCUT2D eigenvalue weighted by Gasteiger charge is 2.11. The molecule has 7 heteroatoms. The number of carbonyl (C=O) groups is 1. The molecule has 0 aliphatic heterocycles. The first kappa shape index (κ1) is 15.5. The highest BCUT2D eigenvalue weighted by atomic mass is 32.1. The van der Waals surface area contributed by atoms with Gasteiger partial charge in [0.1, 0.15) is 18.2 Å². The van der Waals surface area contributed by atoms with Crippen LogP contribution in [-0.2, 0) is 22.7 Å². The van der Waals surface area contributed by atoms with E-state index in [0.29, 0.717) is 10.4 Å². The minimum absolute atomic E-state index is 0.0838. The Kier molecular flexibility index (Phi) is 3.99. The number of hydrogen-bond acceptors (Lipinski definition) is 6. The largest absolute Gasteiger partial charge is 0.457 e. The van der Waals surface area contributed by atoms with Crippen molar-refractivity contribution in [2.45, 2.75) is 13.2 Å². The lowest BCUT2D eigenvalue weighted by atomic mass is 10.2. The smallest absolute Gasteiger partial charge is 0.328 e. The van der Waals surface area contributed by atoms with Crippen molar-refractivity contribution < 1.29 is 9.53 Å². The van der Waals surface area contributed by atoms with E-state index in [0.717, 1.165) is 20.3 Å². The van der Waals surface area contributed by atoms with Crippen LogP contribution in [0.25, 0.3) is 21.0 Å². The number of thiazole rings is 1. The number of esters is 1. The molecule has 0 aliphatic rings. The van der Waals surface area contributed by atoms with Gasteiger partial charge in [0.25, 0.3) is 5.56 Å². The molecule has 124 valence electrons. The van der Waals surface area contributed by atoms with Crippen molar-refractivity contribution >= 4 is 38.3 Å². The van der Waals surface area contributed by atoms with Crippen molar-refractivity contribution in [3.8, 4) is 0 Å². The van der Waals surface area contributed by atoms with Crippen molar-refractivity contribution in [1.82, 2.24) is 14.8 Å². The summed E-state index contributed by atoms with van der Waals surface area (Å²) in [5, 5.41) is 6.01. The number of fused-ring (bicyclic) bond motifs is 2. The van der Waals surface area contributed by atoms with Crippen molar-refractivity contribution in [3.05, 3.63) is 70.1 Å². The van der Waals surface area contributed by atoms with E-state index in [9.17, 15) is 9.59 Å². The van der Waals surface area contributed by atoms with Gasteiger partial charge in [0, 0.05) is 5.39 Å². The lowest BCUT2D eigenvalue weighted by molar-refractivity contribution is -0.146. The molecule has 0 bridgehead atoms. The van der Waals surface area contributed by atoms with Gasteiger partial charge in [-0.15, -0.1) is 11.3 Å². The van der Waals surface area contributed by atoms with Crippen molar-refractivity contribution in [1.29, 1.82) is 0 Å². The summed E-state index contributed by atoms with van der Waals surface area (Å²) in [6, 6.07) is 14.9. The summed E-state index contributed by atoms with van der Waals surface area (Å²) in [5.41, 5.74) is 0.570. The fraction of sp³-hybridized carbons (Fsp3) is 0.111.